The Kier molecular flexibility index (Phi) is 2.42. The molecular weight excluding hydrogens is 156 g/mol. The number of hydrogen-bond acceptors (Lipinski definition) is 3. The molecule has 1 atom stereocenters. The summed E-state index contributed by atoms with van der Waals surface area (Å²) in [5.41, 5.74) is 0. The number of carbonyl (C=O) groups excluding carboxylic acids is 1. The maximum Gasteiger partial charge on any atom is 0.158 e. The molecule has 1 saturated carbocycles. The Morgan fingerprint density at radius 1 is 1.33 bits per heavy atom. The van der Waals surface area contributed by atoms with E-state index >= 15 is 0 Å². The van der Waals surface area contributed by atoms with Crippen LogP contribution in [0.5, 0.6) is 0 Å². The fourth-order valence-electron chi connectivity index (χ4n) is 1.91. The molecule has 0 unspecified atom stereocenters. The Balaban J connectivity index is 1.81. The maximum absolute atomic E-state index is 11.3. The van der Waals surface area contributed by atoms with Crippen LogP contribution in [0.4, 0.5) is 0 Å². The zero-order valence-electron chi connectivity index (χ0n) is 7.12. The van der Waals surface area contributed by atoms with Gasteiger partial charge in [0.2, 0.25) is 0 Å². The van der Waals surface area contributed by atoms with Gasteiger partial charge in [-0.2, -0.15) is 0 Å². The van der Waals surface area contributed by atoms with Crippen LogP contribution in [0.2, 0.25) is 0 Å². The largest absolute Gasteiger partial charge is 0.350 e. The summed E-state index contributed by atoms with van der Waals surface area (Å²) in [6, 6.07) is 0. The predicted molar refractivity (Wildman–Crippen MR) is 42.7 cm³/mol. The van der Waals surface area contributed by atoms with E-state index in [0.717, 1.165) is 25.7 Å². The van der Waals surface area contributed by atoms with Gasteiger partial charge in [-0.3, -0.25) is 4.79 Å². The zero-order valence-corrected chi connectivity index (χ0v) is 7.12. The van der Waals surface area contributed by atoms with Gasteiger partial charge >= 0.3 is 0 Å². The highest BCUT2D eigenvalue weighted by molar-refractivity contribution is 5.82. The van der Waals surface area contributed by atoms with E-state index in [9.17, 15) is 4.79 Å². The van der Waals surface area contributed by atoms with E-state index in [1.54, 1.807) is 0 Å². The van der Waals surface area contributed by atoms with Crippen LogP contribution in [-0.4, -0.2) is 25.3 Å². The van der Waals surface area contributed by atoms with Crippen molar-refractivity contribution in [2.24, 2.45) is 5.92 Å². The SMILES string of the molecule is O=C1CCC[C@@H]1CC1OCCO1. The summed E-state index contributed by atoms with van der Waals surface area (Å²) in [6.07, 6.45) is 3.52. The van der Waals surface area contributed by atoms with Gasteiger partial charge in [-0.1, -0.05) is 0 Å². The highest BCUT2D eigenvalue weighted by atomic mass is 16.7. The average molecular weight is 170 g/mol. The minimum Gasteiger partial charge on any atom is -0.350 e. The Bertz CT molecular complexity index is 173. The third-order valence-electron chi connectivity index (χ3n) is 2.60. The third-order valence-corrected chi connectivity index (χ3v) is 2.60. The van der Waals surface area contributed by atoms with Crippen LogP contribution in [0.1, 0.15) is 25.7 Å². The van der Waals surface area contributed by atoms with Crippen molar-refractivity contribution in [2.75, 3.05) is 13.2 Å². The topological polar surface area (TPSA) is 35.5 Å². The lowest BCUT2D eigenvalue weighted by Gasteiger charge is -2.12. The lowest BCUT2D eigenvalue weighted by atomic mass is 10.0. The second-order valence-corrected chi connectivity index (χ2v) is 3.46. The van der Waals surface area contributed by atoms with E-state index < -0.39 is 0 Å². The van der Waals surface area contributed by atoms with Crippen molar-refractivity contribution in [1.29, 1.82) is 0 Å². The quantitative estimate of drug-likeness (QED) is 0.623. The van der Waals surface area contributed by atoms with Gasteiger partial charge in [-0.25, -0.2) is 0 Å². The highest BCUT2D eigenvalue weighted by Crippen LogP contribution is 2.27. The molecule has 1 aliphatic carbocycles. The molecule has 2 aliphatic rings. The molecule has 2 fully saturated rings. The molecule has 0 bridgehead atoms. The monoisotopic (exact) mass is 170 g/mol. The molecular formula is C9H14O3. The number of rotatable bonds is 2. The lowest BCUT2D eigenvalue weighted by Crippen LogP contribution is -2.17. The first-order valence-electron chi connectivity index (χ1n) is 4.62. The summed E-state index contributed by atoms with van der Waals surface area (Å²) in [6.45, 7) is 1.37. The van der Waals surface area contributed by atoms with Crippen LogP contribution in [0, 0.1) is 5.92 Å². The minimum absolute atomic E-state index is 0.1000. The fourth-order valence-corrected chi connectivity index (χ4v) is 1.91. The van der Waals surface area contributed by atoms with Crippen LogP contribution in [-0.2, 0) is 14.3 Å². The molecule has 2 rings (SSSR count). The molecule has 0 N–H and O–H groups in total. The van der Waals surface area contributed by atoms with Gasteiger partial charge in [0.1, 0.15) is 5.78 Å². The molecule has 0 radical (unpaired) electrons. The van der Waals surface area contributed by atoms with Crippen molar-refractivity contribution >= 4 is 5.78 Å². The second-order valence-electron chi connectivity index (χ2n) is 3.46. The molecule has 1 aliphatic heterocycles. The molecule has 0 aromatic heterocycles. The third kappa shape index (κ3) is 1.67. The van der Waals surface area contributed by atoms with Crippen LogP contribution >= 0.6 is 0 Å². The van der Waals surface area contributed by atoms with Gasteiger partial charge in [0.05, 0.1) is 13.2 Å². The van der Waals surface area contributed by atoms with Gasteiger partial charge in [0.15, 0.2) is 6.29 Å². The summed E-state index contributed by atoms with van der Waals surface area (Å²) in [4.78, 5) is 11.3. The van der Waals surface area contributed by atoms with E-state index in [0.29, 0.717) is 19.0 Å². The zero-order chi connectivity index (χ0) is 8.39. The average Bonchev–Trinajstić information content (AvgIpc) is 2.65. The van der Waals surface area contributed by atoms with Crippen molar-refractivity contribution in [3.8, 4) is 0 Å². The molecule has 3 heteroatoms. The van der Waals surface area contributed by atoms with Crippen molar-refractivity contribution < 1.29 is 14.3 Å². The molecule has 1 heterocycles. The molecule has 68 valence electrons. The first-order chi connectivity index (χ1) is 5.86. The number of hydrogen-bond donors (Lipinski definition) is 0. The van der Waals surface area contributed by atoms with Gasteiger partial charge < -0.3 is 9.47 Å². The number of ketones is 1. The van der Waals surface area contributed by atoms with Crippen molar-refractivity contribution in [1.82, 2.24) is 0 Å². The summed E-state index contributed by atoms with van der Waals surface area (Å²) in [7, 11) is 0. The second kappa shape index (κ2) is 3.54. The molecule has 12 heavy (non-hydrogen) atoms. The smallest absolute Gasteiger partial charge is 0.158 e. The molecule has 0 aromatic carbocycles. The molecule has 0 spiro atoms. The van der Waals surface area contributed by atoms with E-state index in [1.165, 1.54) is 0 Å². The summed E-state index contributed by atoms with van der Waals surface area (Å²) in [5.74, 6) is 0.613. The van der Waals surface area contributed by atoms with Crippen molar-refractivity contribution in [2.45, 2.75) is 32.0 Å². The number of Topliss-reactive ketones (excluding diaryl/α,β-unsaturated/α-hetero) is 1. The molecule has 0 amide bonds. The standard InChI is InChI=1S/C9H14O3/c10-8-3-1-2-7(8)6-9-11-4-5-12-9/h7,9H,1-6H2/t7-/m1/s1. The Morgan fingerprint density at radius 3 is 2.67 bits per heavy atom. The maximum atomic E-state index is 11.3. The van der Waals surface area contributed by atoms with Gasteiger partial charge in [-0.15, -0.1) is 0 Å². The highest BCUT2D eigenvalue weighted by Gasteiger charge is 2.29. The van der Waals surface area contributed by atoms with Crippen LogP contribution in [0.15, 0.2) is 0 Å². The summed E-state index contributed by atoms with van der Waals surface area (Å²) in [5, 5.41) is 0. The Hall–Kier alpha value is -0.410. The van der Waals surface area contributed by atoms with E-state index in [-0.39, 0.29) is 12.2 Å². The number of carbonyl (C=O) groups is 1. The van der Waals surface area contributed by atoms with Crippen LogP contribution in [0.25, 0.3) is 0 Å². The minimum atomic E-state index is -0.1000. The van der Waals surface area contributed by atoms with Gasteiger partial charge in [0.25, 0.3) is 0 Å². The van der Waals surface area contributed by atoms with Gasteiger partial charge in [0, 0.05) is 18.8 Å². The number of ether oxygens (including phenoxy) is 2. The molecule has 0 aromatic rings. The van der Waals surface area contributed by atoms with E-state index in [4.69, 9.17) is 9.47 Å². The van der Waals surface area contributed by atoms with Gasteiger partial charge in [-0.05, 0) is 12.8 Å². The fraction of sp³-hybridized carbons (Fsp3) is 0.889. The Morgan fingerprint density at radius 2 is 2.08 bits per heavy atom. The van der Waals surface area contributed by atoms with Crippen LogP contribution < -0.4 is 0 Å². The first kappa shape index (κ1) is 8.20. The lowest BCUT2D eigenvalue weighted by molar-refractivity contribution is -0.124. The summed E-state index contributed by atoms with van der Waals surface area (Å²) >= 11 is 0. The first-order valence-corrected chi connectivity index (χ1v) is 4.62. The normalized spacial score (nSPS) is 31.7. The van der Waals surface area contributed by atoms with Crippen LogP contribution in [0.3, 0.4) is 0 Å². The van der Waals surface area contributed by atoms with E-state index in [2.05, 4.69) is 0 Å². The Labute approximate surface area is 72.0 Å². The molecule has 3 nitrogen and oxygen atoms in total. The predicted octanol–water partition coefficient (Wildman–Crippen LogP) is 1.12. The van der Waals surface area contributed by atoms with Crippen molar-refractivity contribution in [3.05, 3.63) is 0 Å². The van der Waals surface area contributed by atoms with Crippen molar-refractivity contribution in [3.63, 3.8) is 0 Å². The summed E-state index contributed by atoms with van der Waals surface area (Å²) < 4.78 is 10.6. The molecule has 1 saturated heterocycles. The van der Waals surface area contributed by atoms with E-state index in [1.807, 2.05) is 0 Å².